The minimum absolute atomic E-state index is 0.0848. The van der Waals surface area contributed by atoms with E-state index in [-0.39, 0.29) is 17.9 Å². The highest BCUT2D eigenvalue weighted by atomic mass is 32.2. The van der Waals surface area contributed by atoms with Crippen molar-refractivity contribution in [2.24, 2.45) is 4.99 Å². The van der Waals surface area contributed by atoms with Crippen LogP contribution in [0.25, 0.3) is 10.2 Å². The Labute approximate surface area is 179 Å². The summed E-state index contributed by atoms with van der Waals surface area (Å²) in [7, 11) is -0.266. The molecule has 0 spiro atoms. The minimum atomic E-state index is -3.40. The number of amides is 1. The smallest absolute Gasteiger partial charge is 0.249 e. The second kappa shape index (κ2) is 9.44. The highest BCUT2D eigenvalue weighted by Crippen LogP contribution is 2.33. The first kappa shape index (κ1) is 22.0. The molecule has 0 bridgehead atoms. The number of rotatable bonds is 8. The number of aryl methyl sites for hydroxylation is 1. The Bertz CT molecular complexity index is 1210. The van der Waals surface area contributed by atoms with Crippen LogP contribution in [-0.4, -0.2) is 38.9 Å². The van der Waals surface area contributed by atoms with Crippen LogP contribution in [0.5, 0.6) is 11.5 Å². The molecule has 0 aliphatic carbocycles. The van der Waals surface area contributed by atoms with E-state index in [2.05, 4.69) is 4.99 Å². The van der Waals surface area contributed by atoms with E-state index in [0.29, 0.717) is 28.4 Å². The lowest BCUT2D eigenvalue weighted by Gasteiger charge is -2.08. The zero-order valence-electron chi connectivity index (χ0n) is 17.1. The predicted molar refractivity (Wildman–Crippen MR) is 118 cm³/mol. The Kier molecular flexibility index (Phi) is 6.94. The zero-order valence-corrected chi connectivity index (χ0v) is 18.8. The molecule has 3 rings (SSSR count). The third-order valence-electron chi connectivity index (χ3n) is 4.58. The molecule has 0 atom stereocenters. The van der Waals surface area contributed by atoms with E-state index < -0.39 is 15.7 Å². The van der Waals surface area contributed by atoms with Gasteiger partial charge < -0.3 is 14.0 Å². The van der Waals surface area contributed by atoms with Crippen LogP contribution in [0, 0.1) is 0 Å². The highest BCUT2D eigenvalue weighted by Gasteiger charge is 2.16. The van der Waals surface area contributed by atoms with Crippen LogP contribution in [0.2, 0.25) is 0 Å². The third kappa shape index (κ3) is 5.09. The van der Waals surface area contributed by atoms with Crippen molar-refractivity contribution in [2.75, 3.05) is 20.0 Å². The molecule has 7 nitrogen and oxygen atoms in total. The molecular formula is C21H24N2O5S2. The number of carbonyl (C=O) groups excluding carboxylic acids is 1. The highest BCUT2D eigenvalue weighted by molar-refractivity contribution is 7.90. The van der Waals surface area contributed by atoms with Crippen molar-refractivity contribution in [2.45, 2.75) is 25.6 Å². The molecule has 3 aromatic rings. The number of hydrogen-bond donors (Lipinski definition) is 0. The maximum atomic E-state index is 12.4. The largest absolute Gasteiger partial charge is 0.493 e. The second-order valence-corrected chi connectivity index (χ2v) is 9.83. The van der Waals surface area contributed by atoms with Gasteiger partial charge in [-0.3, -0.25) is 4.79 Å². The molecule has 0 aliphatic heterocycles. The number of fused-ring (bicyclic) bond motifs is 1. The summed E-state index contributed by atoms with van der Waals surface area (Å²) in [5.74, 6) is 0.412. The van der Waals surface area contributed by atoms with Gasteiger partial charge in [-0.05, 0) is 12.5 Å². The number of carbonyl (C=O) groups is 1. The van der Waals surface area contributed by atoms with Crippen molar-refractivity contribution in [3.8, 4) is 11.5 Å². The molecule has 0 saturated carbocycles. The topological polar surface area (TPSA) is 87.0 Å². The SMILES string of the molecule is CCn1c(=NC(=O)CCS(=O)(=O)Cc2ccccc2)sc2cc(OC)c(OC)cc21. The molecule has 30 heavy (non-hydrogen) atoms. The Morgan fingerprint density at radius 3 is 2.40 bits per heavy atom. The Balaban J connectivity index is 1.82. The van der Waals surface area contributed by atoms with E-state index >= 15 is 0 Å². The number of ether oxygens (including phenoxy) is 2. The maximum Gasteiger partial charge on any atom is 0.249 e. The van der Waals surface area contributed by atoms with Crippen molar-refractivity contribution >= 4 is 37.3 Å². The van der Waals surface area contributed by atoms with Gasteiger partial charge in [0.1, 0.15) is 0 Å². The predicted octanol–water partition coefficient (Wildman–Crippen LogP) is 3.17. The number of hydrogen-bond acceptors (Lipinski definition) is 6. The van der Waals surface area contributed by atoms with E-state index in [0.717, 1.165) is 10.2 Å². The Morgan fingerprint density at radius 2 is 1.77 bits per heavy atom. The van der Waals surface area contributed by atoms with Crippen LogP contribution in [0.3, 0.4) is 0 Å². The van der Waals surface area contributed by atoms with Gasteiger partial charge in [0.15, 0.2) is 26.1 Å². The van der Waals surface area contributed by atoms with Crippen LogP contribution in [0.1, 0.15) is 18.9 Å². The summed E-state index contributed by atoms with van der Waals surface area (Å²) < 4.78 is 38.2. The fourth-order valence-electron chi connectivity index (χ4n) is 3.09. The lowest BCUT2D eigenvalue weighted by Crippen LogP contribution is -2.18. The van der Waals surface area contributed by atoms with Crippen molar-refractivity contribution < 1.29 is 22.7 Å². The molecule has 0 unspecified atom stereocenters. The van der Waals surface area contributed by atoms with E-state index in [4.69, 9.17) is 9.47 Å². The number of methoxy groups -OCH3 is 2. The van der Waals surface area contributed by atoms with Gasteiger partial charge in [0.05, 0.1) is 35.9 Å². The van der Waals surface area contributed by atoms with Crippen LogP contribution in [-0.2, 0) is 26.9 Å². The lowest BCUT2D eigenvalue weighted by atomic mass is 10.2. The van der Waals surface area contributed by atoms with Gasteiger partial charge in [-0.2, -0.15) is 4.99 Å². The van der Waals surface area contributed by atoms with Gasteiger partial charge in [0, 0.05) is 25.1 Å². The minimum Gasteiger partial charge on any atom is -0.493 e. The van der Waals surface area contributed by atoms with E-state index in [9.17, 15) is 13.2 Å². The third-order valence-corrected chi connectivity index (χ3v) is 7.22. The zero-order chi connectivity index (χ0) is 21.7. The summed E-state index contributed by atoms with van der Waals surface area (Å²) in [6.07, 6.45) is -0.153. The molecule has 0 saturated heterocycles. The molecule has 1 amide bonds. The monoisotopic (exact) mass is 448 g/mol. The Hall–Kier alpha value is -2.65. The van der Waals surface area contributed by atoms with Crippen molar-refractivity contribution in [3.63, 3.8) is 0 Å². The second-order valence-electron chi connectivity index (χ2n) is 6.64. The van der Waals surface area contributed by atoms with Crippen LogP contribution < -0.4 is 14.3 Å². The number of sulfone groups is 1. The molecule has 0 fully saturated rings. The molecule has 1 aromatic heterocycles. The average molecular weight is 449 g/mol. The fourth-order valence-corrected chi connectivity index (χ4v) is 5.55. The molecular weight excluding hydrogens is 424 g/mol. The summed E-state index contributed by atoms with van der Waals surface area (Å²) in [6.45, 7) is 2.56. The van der Waals surface area contributed by atoms with Gasteiger partial charge in [-0.15, -0.1) is 0 Å². The Morgan fingerprint density at radius 1 is 1.10 bits per heavy atom. The standard InChI is InChI=1S/C21H24N2O5S2/c1-4-23-16-12-17(27-2)18(28-3)13-19(16)29-21(23)22-20(24)10-11-30(25,26)14-15-8-6-5-7-9-15/h5-9,12-13H,4,10-11,14H2,1-3H3. The van der Waals surface area contributed by atoms with Crippen LogP contribution >= 0.6 is 11.3 Å². The first-order valence-electron chi connectivity index (χ1n) is 9.44. The van der Waals surface area contributed by atoms with E-state index in [1.807, 2.05) is 29.7 Å². The molecule has 160 valence electrons. The van der Waals surface area contributed by atoms with Crippen molar-refractivity contribution in [1.29, 1.82) is 0 Å². The molecule has 9 heteroatoms. The number of benzene rings is 2. The summed E-state index contributed by atoms with van der Waals surface area (Å²) in [5, 5.41) is 0. The summed E-state index contributed by atoms with van der Waals surface area (Å²) in [4.78, 5) is 17.1. The first-order valence-corrected chi connectivity index (χ1v) is 12.1. The van der Waals surface area contributed by atoms with E-state index in [1.54, 1.807) is 38.5 Å². The van der Waals surface area contributed by atoms with Crippen LogP contribution in [0.15, 0.2) is 47.5 Å². The van der Waals surface area contributed by atoms with Gasteiger partial charge in [0.25, 0.3) is 0 Å². The van der Waals surface area contributed by atoms with E-state index in [1.165, 1.54) is 11.3 Å². The summed E-state index contributed by atoms with van der Waals surface area (Å²) >= 11 is 1.35. The van der Waals surface area contributed by atoms with Gasteiger partial charge >= 0.3 is 0 Å². The molecule has 0 N–H and O–H groups in total. The van der Waals surface area contributed by atoms with Gasteiger partial charge in [-0.25, -0.2) is 8.42 Å². The average Bonchev–Trinajstić information content (AvgIpc) is 3.07. The van der Waals surface area contributed by atoms with Crippen molar-refractivity contribution in [3.05, 3.63) is 52.8 Å². The fraction of sp³-hybridized carbons (Fsp3) is 0.333. The van der Waals surface area contributed by atoms with Gasteiger partial charge in [-0.1, -0.05) is 41.7 Å². The summed E-state index contributed by atoms with van der Waals surface area (Å²) in [5.41, 5.74) is 1.58. The quantitative estimate of drug-likeness (QED) is 0.528. The molecule has 1 heterocycles. The number of thiazole rings is 1. The summed E-state index contributed by atoms with van der Waals surface area (Å²) in [6, 6.07) is 12.6. The maximum absolute atomic E-state index is 12.4. The van der Waals surface area contributed by atoms with Crippen LogP contribution in [0.4, 0.5) is 0 Å². The molecule has 0 aliphatic rings. The number of nitrogens with zero attached hydrogens (tertiary/aromatic N) is 2. The molecule has 0 radical (unpaired) electrons. The first-order chi connectivity index (χ1) is 14.4. The normalized spacial score (nSPS) is 12.3. The number of aromatic nitrogens is 1. The molecule has 2 aromatic carbocycles. The van der Waals surface area contributed by atoms with Crippen molar-refractivity contribution in [1.82, 2.24) is 4.57 Å². The van der Waals surface area contributed by atoms with Gasteiger partial charge in [0.2, 0.25) is 5.91 Å². The lowest BCUT2D eigenvalue weighted by molar-refractivity contribution is -0.117.